The summed E-state index contributed by atoms with van der Waals surface area (Å²) in [6.07, 6.45) is 0. The summed E-state index contributed by atoms with van der Waals surface area (Å²) in [4.78, 5) is 0. The van der Waals surface area contributed by atoms with Gasteiger partial charge >= 0.3 is 0 Å². The smallest absolute Gasteiger partial charge is 0.178 e. The molecule has 1 aliphatic heterocycles. The predicted octanol–water partition coefficient (Wildman–Crippen LogP) is 7.87. The minimum Gasteiger partial charge on any atom is -0.449 e. The zero-order valence-electron chi connectivity index (χ0n) is 17.3. The maximum atomic E-state index is 6.46. The Bertz CT molecular complexity index is 1330. The van der Waals surface area contributed by atoms with Crippen LogP contribution in [0.2, 0.25) is 0 Å². The van der Waals surface area contributed by atoms with Gasteiger partial charge in [0.1, 0.15) is 0 Å². The van der Waals surface area contributed by atoms with Crippen molar-refractivity contribution in [2.75, 3.05) is 0 Å². The molecule has 6 rings (SSSR count). The van der Waals surface area contributed by atoms with E-state index >= 15 is 0 Å². The van der Waals surface area contributed by atoms with Gasteiger partial charge in [-0.3, -0.25) is 0 Å². The van der Waals surface area contributed by atoms with E-state index in [0.29, 0.717) is 0 Å². The summed E-state index contributed by atoms with van der Waals surface area (Å²) in [6, 6.07) is 27.5. The third-order valence-electron chi connectivity index (χ3n) is 6.39. The largest absolute Gasteiger partial charge is 0.449 e. The molecule has 2 aliphatic rings. The summed E-state index contributed by atoms with van der Waals surface area (Å²) >= 11 is 0. The molecule has 4 aromatic rings. The highest BCUT2D eigenvalue weighted by Crippen LogP contribution is 2.58. The average Bonchev–Trinajstić information content (AvgIpc) is 2.99. The van der Waals surface area contributed by atoms with Crippen LogP contribution in [0.3, 0.4) is 0 Å². The second kappa shape index (κ2) is 5.99. The Morgan fingerprint density at radius 2 is 1.43 bits per heavy atom. The fourth-order valence-corrected chi connectivity index (χ4v) is 4.83. The van der Waals surface area contributed by atoms with Gasteiger partial charge in [-0.15, -0.1) is 0 Å². The second-order valence-corrected chi connectivity index (χ2v) is 8.72. The van der Waals surface area contributed by atoms with Crippen LogP contribution in [0, 0.1) is 6.92 Å². The maximum Gasteiger partial charge on any atom is 0.178 e. The highest BCUT2D eigenvalue weighted by Gasteiger charge is 2.39. The van der Waals surface area contributed by atoms with Crippen LogP contribution in [-0.4, -0.2) is 0 Å². The number of hydrogen-bond donors (Lipinski definition) is 0. The lowest BCUT2D eigenvalue weighted by atomic mass is 9.82. The minimum absolute atomic E-state index is 0.0559. The van der Waals surface area contributed by atoms with Gasteiger partial charge in [0.15, 0.2) is 23.0 Å². The van der Waals surface area contributed by atoms with Crippen molar-refractivity contribution >= 4 is 0 Å². The lowest BCUT2D eigenvalue weighted by Crippen LogP contribution is -2.15. The van der Waals surface area contributed by atoms with Crippen molar-refractivity contribution in [1.29, 1.82) is 0 Å². The fraction of sp³-hybridized carbons (Fsp3) is 0.143. The molecule has 0 aromatic heterocycles. The summed E-state index contributed by atoms with van der Waals surface area (Å²) < 4.78 is 12.8. The van der Waals surface area contributed by atoms with Crippen LogP contribution in [0.4, 0.5) is 0 Å². The standard InChI is InChI=1S/C28H22O2/c1-17-7-6-8-18(15-17)19-11-13-23-25(16-19)29-24-14-12-22-26(27(24)30-23)20-9-4-5-10-21(20)28(22,2)3/h4-16H,1-3H3. The molecule has 0 spiro atoms. The van der Waals surface area contributed by atoms with Gasteiger partial charge in [-0.1, -0.05) is 80.1 Å². The monoisotopic (exact) mass is 390 g/mol. The first kappa shape index (κ1) is 17.3. The van der Waals surface area contributed by atoms with Crippen molar-refractivity contribution in [2.45, 2.75) is 26.2 Å². The number of hydrogen-bond acceptors (Lipinski definition) is 2. The first-order chi connectivity index (χ1) is 14.5. The van der Waals surface area contributed by atoms with E-state index < -0.39 is 0 Å². The van der Waals surface area contributed by atoms with E-state index in [1.165, 1.54) is 27.8 Å². The summed E-state index contributed by atoms with van der Waals surface area (Å²) in [5.41, 5.74) is 8.49. The van der Waals surface area contributed by atoms with Gasteiger partial charge in [0.2, 0.25) is 0 Å². The van der Waals surface area contributed by atoms with Crippen LogP contribution in [0.1, 0.15) is 30.5 Å². The van der Waals surface area contributed by atoms with E-state index in [9.17, 15) is 0 Å². The molecular formula is C28H22O2. The molecule has 0 radical (unpaired) electrons. The lowest BCUT2D eigenvalue weighted by molar-refractivity contribution is 0.360. The predicted molar refractivity (Wildman–Crippen MR) is 121 cm³/mol. The first-order valence-electron chi connectivity index (χ1n) is 10.4. The van der Waals surface area contributed by atoms with Crippen LogP contribution < -0.4 is 9.47 Å². The van der Waals surface area contributed by atoms with E-state index in [1.54, 1.807) is 0 Å². The minimum atomic E-state index is -0.0559. The van der Waals surface area contributed by atoms with Gasteiger partial charge in [0.25, 0.3) is 0 Å². The molecule has 1 heterocycles. The molecule has 0 atom stereocenters. The summed E-state index contributed by atoms with van der Waals surface area (Å²) in [7, 11) is 0. The maximum absolute atomic E-state index is 6.46. The second-order valence-electron chi connectivity index (χ2n) is 8.72. The highest BCUT2D eigenvalue weighted by molar-refractivity contribution is 5.88. The molecular weight excluding hydrogens is 368 g/mol. The number of rotatable bonds is 1. The Morgan fingerprint density at radius 1 is 0.633 bits per heavy atom. The topological polar surface area (TPSA) is 18.5 Å². The summed E-state index contributed by atoms with van der Waals surface area (Å²) in [5, 5.41) is 0. The van der Waals surface area contributed by atoms with Crippen molar-refractivity contribution in [2.24, 2.45) is 0 Å². The van der Waals surface area contributed by atoms with Crippen molar-refractivity contribution < 1.29 is 9.47 Å². The quantitative estimate of drug-likeness (QED) is 0.290. The van der Waals surface area contributed by atoms with Crippen molar-refractivity contribution in [1.82, 2.24) is 0 Å². The molecule has 1 aliphatic carbocycles. The molecule has 146 valence electrons. The van der Waals surface area contributed by atoms with E-state index in [4.69, 9.17) is 9.47 Å². The van der Waals surface area contributed by atoms with Gasteiger partial charge < -0.3 is 9.47 Å². The number of ether oxygens (including phenoxy) is 2. The Kier molecular flexibility index (Phi) is 3.47. The van der Waals surface area contributed by atoms with Crippen molar-refractivity contribution in [3.63, 3.8) is 0 Å². The SMILES string of the molecule is Cc1cccc(-c2ccc3c(c2)Oc2ccc4c(c2O3)-c2ccccc2C4(C)C)c1. The number of aryl methyl sites for hydroxylation is 1. The van der Waals surface area contributed by atoms with Crippen LogP contribution in [0.5, 0.6) is 23.0 Å². The third kappa shape index (κ3) is 2.37. The molecule has 2 heteroatoms. The van der Waals surface area contributed by atoms with E-state index in [-0.39, 0.29) is 5.41 Å². The fourth-order valence-electron chi connectivity index (χ4n) is 4.83. The van der Waals surface area contributed by atoms with Crippen molar-refractivity contribution in [3.05, 3.63) is 95.6 Å². The molecule has 0 saturated carbocycles. The number of benzene rings is 4. The summed E-state index contributed by atoms with van der Waals surface area (Å²) in [5.74, 6) is 3.11. The van der Waals surface area contributed by atoms with Gasteiger partial charge in [0.05, 0.1) is 0 Å². The molecule has 0 N–H and O–H groups in total. The van der Waals surface area contributed by atoms with E-state index in [0.717, 1.165) is 34.1 Å². The normalized spacial score (nSPS) is 14.6. The average molecular weight is 390 g/mol. The molecule has 4 aromatic carbocycles. The van der Waals surface area contributed by atoms with Gasteiger partial charge in [-0.2, -0.15) is 0 Å². The molecule has 0 unspecified atom stereocenters. The number of fused-ring (bicyclic) bond motifs is 6. The van der Waals surface area contributed by atoms with Gasteiger partial charge in [-0.25, -0.2) is 0 Å². The Balaban J connectivity index is 1.47. The molecule has 30 heavy (non-hydrogen) atoms. The van der Waals surface area contributed by atoms with Crippen LogP contribution in [0.25, 0.3) is 22.3 Å². The van der Waals surface area contributed by atoms with Crippen LogP contribution in [0.15, 0.2) is 78.9 Å². The Hall–Kier alpha value is -3.52. The van der Waals surface area contributed by atoms with Crippen LogP contribution in [-0.2, 0) is 5.41 Å². The van der Waals surface area contributed by atoms with Crippen LogP contribution >= 0.6 is 0 Å². The molecule has 0 saturated heterocycles. The zero-order chi connectivity index (χ0) is 20.5. The first-order valence-corrected chi connectivity index (χ1v) is 10.4. The Labute approximate surface area is 176 Å². The Morgan fingerprint density at radius 3 is 2.30 bits per heavy atom. The zero-order valence-corrected chi connectivity index (χ0v) is 17.3. The van der Waals surface area contributed by atoms with Gasteiger partial charge in [-0.05, 0) is 52.9 Å². The van der Waals surface area contributed by atoms with Crippen molar-refractivity contribution in [3.8, 4) is 45.3 Å². The molecule has 0 amide bonds. The molecule has 0 bridgehead atoms. The molecule has 2 nitrogen and oxygen atoms in total. The summed E-state index contributed by atoms with van der Waals surface area (Å²) in [6.45, 7) is 6.66. The van der Waals surface area contributed by atoms with E-state index in [1.807, 2.05) is 12.1 Å². The van der Waals surface area contributed by atoms with Gasteiger partial charge in [0, 0.05) is 11.0 Å². The molecule has 0 fully saturated rings. The third-order valence-corrected chi connectivity index (χ3v) is 6.39. The lowest BCUT2D eigenvalue weighted by Gasteiger charge is -2.25. The highest BCUT2D eigenvalue weighted by atomic mass is 16.6. The van der Waals surface area contributed by atoms with E-state index in [2.05, 4.69) is 87.5 Å².